The summed E-state index contributed by atoms with van der Waals surface area (Å²) < 4.78 is 0. The molecule has 1 aliphatic rings. The number of carbonyl (C=O) groups is 1. The van der Waals surface area contributed by atoms with E-state index < -0.39 is 0 Å². The van der Waals surface area contributed by atoms with Crippen LogP contribution in [0.5, 0.6) is 0 Å². The fraction of sp³-hybridized carbons (Fsp3) is 0.750. The minimum absolute atomic E-state index is 0.0146. The SMILES string of the molecule is CC#CC(=O)N1CCC(C(C)(C)C)C1. The van der Waals surface area contributed by atoms with Crippen molar-refractivity contribution in [2.75, 3.05) is 13.1 Å². The number of likely N-dealkylation sites (tertiary alicyclic amines) is 1. The van der Waals surface area contributed by atoms with Crippen molar-refractivity contribution in [3.63, 3.8) is 0 Å². The molecule has 0 aromatic heterocycles. The van der Waals surface area contributed by atoms with Crippen LogP contribution in [0.2, 0.25) is 0 Å². The van der Waals surface area contributed by atoms with Crippen LogP contribution in [-0.2, 0) is 4.79 Å². The van der Waals surface area contributed by atoms with Gasteiger partial charge in [-0.05, 0) is 30.6 Å². The molecule has 1 amide bonds. The largest absolute Gasteiger partial charge is 0.332 e. The molecular formula is C12H19NO. The lowest BCUT2D eigenvalue weighted by Gasteiger charge is -2.26. The zero-order chi connectivity index (χ0) is 10.8. The molecule has 0 aromatic rings. The molecule has 1 heterocycles. The number of carbonyl (C=O) groups excluding carboxylic acids is 1. The second kappa shape index (κ2) is 4.04. The van der Waals surface area contributed by atoms with Crippen LogP contribution in [0.15, 0.2) is 0 Å². The van der Waals surface area contributed by atoms with Crippen molar-refractivity contribution >= 4 is 5.91 Å². The molecule has 0 bridgehead atoms. The highest BCUT2D eigenvalue weighted by Gasteiger charge is 2.33. The van der Waals surface area contributed by atoms with Crippen LogP contribution in [0.4, 0.5) is 0 Å². The Kier molecular flexibility index (Phi) is 3.21. The monoisotopic (exact) mass is 193 g/mol. The number of hydrogen-bond donors (Lipinski definition) is 0. The molecule has 1 unspecified atom stereocenters. The van der Waals surface area contributed by atoms with E-state index in [1.54, 1.807) is 6.92 Å². The first-order valence-corrected chi connectivity index (χ1v) is 5.17. The summed E-state index contributed by atoms with van der Waals surface area (Å²) in [5.41, 5.74) is 0.300. The highest BCUT2D eigenvalue weighted by atomic mass is 16.2. The Labute approximate surface area is 86.7 Å². The van der Waals surface area contributed by atoms with Gasteiger partial charge in [0.1, 0.15) is 0 Å². The average Bonchev–Trinajstić information content (AvgIpc) is 2.51. The van der Waals surface area contributed by atoms with E-state index in [-0.39, 0.29) is 5.91 Å². The van der Waals surface area contributed by atoms with E-state index in [1.165, 1.54) is 0 Å². The summed E-state index contributed by atoms with van der Waals surface area (Å²) in [5.74, 6) is 5.85. The quantitative estimate of drug-likeness (QED) is 0.538. The van der Waals surface area contributed by atoms with Gasteiger partial charge in [-0.2, -0.15) is 0 Å². The highest BCUT2D eigenvalue weighted by Crippen LogP contribution is 2.33. The summed E-state index contributed by atoms with van der Waals surface area (Å²) in [7, 11) is 0. The van der Waals surface area contributed by atoms with E-state index in [0.717, 1.165) is 19.5 Å². The Bertz CT molecular complexity index is 277. The first kappa shape index (κ1) is 11.1. The van der Waals surface area contributed by atoms with Gasteiger partial charge in [-0.15, -0.1) is 0 Å². The van der Waals surface area contributed by atoms with Gasteiger partial charge in [0.15, 0.2) is 0 Å². The number of nitrogens with zero attached hydrogens (tertiary/aromatic N) is 1. The van der Waals surface area contributed by atoms with Gasteiger partial charge >= 0.3 is 0 Å². The Morgan fingerprint density at radius 3 is 2.50 bits per heavy atom. The molecule has 0 radical (unpaired) electrons. The van der Waals surface area contributed by atoms with E-state index in [2.05, 4.69) is 32.6 Å². The van der Waals surface area contributed by atoms with Gasteiger partial charge in [-0.3, -0.25) is 4.79 Å². The summed E-state index contributed by atoms with van der Waals surface area (Å²) in [6.45, 7) is 10.1. The Balaban J connectivity index is 2.56. The van der Waals surface area contributed by atoms with Crippen molar-refractivity contribution in [1.29, 1.82) is 0 Å². The number of hydrogen-bond acceptors (Lipinski definition) is 1. The third-order valence-corrected chi connectivity index (χ3v) is 2.93. The summed E-state index contributed by atoms with van der Waals surface area (Å²) in [5, 5.41) is 0. The summed E-state index contributed by atoms with van der Waals surface area (Å²) >= 11 is 0. The highest BCUT2D eigenvalue weighted by molar-refractivity contribution is 5.93. The normalized spacial score (nSPS) is 21.7. The molecule has 0 aliphatic carbocycles. The van der Waals surface area contributed by atoms with E-state index in [4.69, 9.17) is 0 Å². The van der Waals surface area contributed by atoms with E-state index in [9.17, 15) is 4.79 Å². The summed E-state index contributed by atoms with van der Waals surface area (Å²) in [6.07, 6.45) is 1.11. The predicted octanol–water partition coefficient (Wildman–Crippen LogP) is 1.90. The van der Waals surface area contributed by atoms with E-state index in [0.29, 0.717) is 11.3 Å². The lowest BCUT2D eigenvalue weighted by molar-refractivity contribution is -0.124. The average molecular weight is 193 g/mol. The summed E-state index contributed by atoms with van der Waals surface area (Å²) in [6, 6.07) is 0. The molecule has 1 saturated heterocycles. The standard InChI is InChI=1S/C12H19NO/c1-5-6-11(14)13-8-7-10(9-13)12(2,3)4/h10H,7-9H2,1-4H3. The van der Waals surface area contributed by atoms with Crippen molar-refractivity contribution in [2.24, 2.45) is 11.3 Å². The molecule has 2 heteroatoms. The molecule has 1 atom stereocenters. The minimum atomic E-state index is -0.0146. The van der Waals surface area contributed by atoms with Crippen molar-refractivity contribution in [1.82, 2.24) is 4.90 Å². The summed E-state index contributed by atoms with van der Waals surface area (Å²) in [4.78, 5) is 13.3. The number of rotatable bonds is 0. The fourth-order valence-corrected chi connectivity index (χ4v) is 1.84. The maximum atomic E-state index is 11.5. The Morgan fingerprint density at radius 2 is 2.07 bits per heavy atom. The third-order valence-electron chi connectivity index (χ3n) is 2.93. The second-order valence-electron chi connectivity index (χ2n) is 4.98. The predicted molar refractivity (Wildman–Crippen MR) is 57.6 cm³/mol. The smallest absolute Gasteiger partial charge is 0.298 e. The first-order valence-electron chi connectivity index (χ1n) is 5.17. The van der Waals surface area contributed by atoms with Crippen LogP contribution in [0, 0.1) is 23.2 Å². The van der Waals surface area contributed by atoms with Crippen molar-refractivity contribution in [3.05, 3.63) is 0 Å². The van der Waals surface area contributed by atoms with Gasteiger partial charge < -0.3 is 4.90 Å². The van der Waals surface area contributed by atoms with Crippen LogP contribution < -0.4 is 0 Å². The molecule has 0 saturated carbocycles. The van der Waals surface area contributed by atoms with Gasteiger partial charge in [-0.1, -0.05) is 26.7 Å². The topological polar surface area (TPSA) is 20.3 Å². The lowest BCUT2D eigenvalue weighted by Crippen LogP contribution is -2.30. The van der Waals surface area contributed by atoms with Crippen LogP contribution in [0.3, 0.4) is 0 Å². The first-order chi connectivity index (χ1) is 6.45. The molecule has 1 rings (SSSR count). The fourth-order valence-electron chi connectivity index (χ4n) is 1.84. The van der Waals surface area contributed by atoms with Gasteiger partial charge in [0.25, 0.3) is 5.91 Å². The minimum Gasteiger partial charge on any atom is -0.332 e. The van der Waals surface area contributed by atoms with Gasteiger partial charge in [0, 0.05) is 13.1 Å². The molecule has 0 aromatic carbocycles. The maximum absolute atomic E-state index is 11.5. The maximum Gasteiger partial charge on any atom is 0.298 e. The molecular weight excluding hydrogens is 174 g/mol. The van der Waals surface area contributed by atoms with Crippen molar-refractivity contribution in [3.8, 4) is 11.8 Å². The molecule has 0 N–H and O–H groups in total. The second-order valence-corrected chi connectivity index (χ2v) is 4.98. The molecule has 1 aliphatic heterocycles. The zero-order valence-electron chi connectivity index (χ0n) is 9.55. The van der Waals surface area contributed by atoms with Crippen molar-refractivity contribution < 1.29 is 4.79 Å². The van der Waals surface area contributed by atoms with Gasteiger partial charge in [0.05, 0.1) is 0 Å². The van der Waals surface area contributed by atoms with Crippen LogP contribution in [-0.4, -0.2) is 23.9 Å². The van der Waals surface area contributed by atoms with Crippen LogP contribution in [0.25, 0.3) is 0 Å². The molecule has 78 valence electrons. The third kappa shape index (κ3) is 2.51. The Morgan fingerprint density at radius 1 is 1.43 bits per heavy atom. The molecule has 1 fully saturated rings. The molecule has 14 heavy (non-hydrogen) atoms. The molecule has 2 nitrogen and oxygen atoms in total. The van der Waals surface area contributed by atoms with Crippen LogP contribution in [0.1, 0.15) is 34.1 Å². The van der Waals surface area contributed by atoms with Gasteiger partial charge in [0.2, 0.25) is 0 Å². The number of amides is 1. The van der Waals surface area contributed by atoms with E-state index in [1.807, 2.05) is 4.90 Å². The van der Waals surface area contributed by atoms with Crippen LogP contribution >= 0.6 is 0 Å². The van der Waals surface area contributed by atoms with Gasteiger partial charge in [-0.25, -0.2) is 0 Å². The Hall–Kier alpha value is -0.970. The van der Waals surface area contributed by atoms with E-state index >= 15 is 0 Å². The zero-order valence-corrected chi connectivity index (χ0v) is 9.55. The lowest BCUT2D eigenvalue weighted by atomic mass is 9.80. The van der Waals surface area contributed by atoms with Crippen molar-refractivity contribution in [2.45, 2.75) is 34.1 Å². The molecule has 0 spiro atoms.